The standard InChI is InChI=1S/C24H25FN4O2/c25-22-9-5-4-8-21(22)24(31)28-14-12-19(13-15-28)27-23(30)11-10-18-16-26-29(17-18)20-6-2-1-3-7-20/h1-9,16-17,19H,10-15H2,(H,27,30). The maximum atomic E-state index is 13.9. The summed E-state index contributed by atoms with van der Waals surface area (Å²) < 4.78 is 15.7. The highest BCUT2D eigenvalue weighted by molar-refractivity contribution is 5.94. The lowest BCUT2D eigenvalue weighted by molar-refractivity contribution is -0.122. The van der Waals surface area contributed by atoms with Crippen LogP contribution in [0.1, 0.15) is 35.2 Å². The summed E-state index contributed by atoms with van der Waals surface area (Å²) in [6.07, 6.45) is 6.05. The van der Waals surface area contributed by atoms with Crippen LogP contribution in [0.4, 0.5) is 4.39 Å². The Morgan fingerprint density at radius 3 is 2.48 bits per heavy atom. The largest absolute Gasteiger partial charge is 0.353 e. The number of carbonyl (C=O) groups is 2. The first-order valence-electron chi connectivity index (χ1n) is 10.5. The first-order chi connectivity index (χ1) is 15.1. The van der Waals surface area contributed by atoms with Gasteiger partial charge in [0.05, 0.1) is 17.4 Å². The summed E-state index contributed by atoms with van der Waals surface area (Å²) in [6.45, 7) is 1.00. The average molecular weight is 420 g/mol. The van der Waals surface area contributed by atoms with Gasteiger partial charge in [-0.15, -0.1) is 0 Å². The van der Waals surface area contributed by atoms with Crippen LogP contribution in [-0.2, 0) is 11.2 Å². The maximum absolute atomic E-state index is 13.9. The number of hydrogen-bond donors (Lipinski definition) is 1. The number of piperidine rings is 1. The van der Waals surface area contributed by atoms with Crippen molar-refractivity contribution in [1.82, 2.24) is 20.0 Å². The van der Waals surface area contributed by atoms with E-state index in [-0.39, 0.29) is 23.4 Å². The molecule has 0 spiro atoms. The minimum absolute atomic E-state index is 0.00802. The number of nitrogens with zero attached hydrogens (tertiary/aromatic N) is 3. The van der Waals surface area contributed by atoms with E-state index in [0.717, 1.165) is 11.3 Å². The van der Waals surface area contributed by atoms with Gasteiger partial charge in [-0.25, -0.2) is 9.07 Å². The molecule has 1 fully saturated rings. The van der Waals surface area contributed by atoms with Gasteiger partial charge in [0.15, 0.2) is 0 Å². The van der Waals surface area contributed by atoms with Crippen molar-refractivity contribution in [2.75, 3.05) is 13.1 Å². The lowest BCUT2D eigenvalue weighted by Gasteiger charge is -2.32. The zero-order valence-electron chi connectivity index (χ0n) is 17.2. The highest BCUT2D eigenvalue weighted by Gasteiger charge is 2.25. The van der Waals surface area contributed by atoms with E-state index in [9.17, 15) is 14.0 Å². The van der Waals surface area contributed by atoms with Gasteiger partial charge in [-0.05, 0) is 49.1 Å². The van der Waals surface area contributed by atoms with Crippen LogP contribution in [0.5, 0.6) is 0 Å². The quantitative estimate of drug-likeness (QED) is 0.665. The van der Waals surface area contributed by atoms with Crippen molar-refractivity contribution in [3.63, 3.8) is 0 Å². The predicted molar refractivity (Wildman–Crippen MR) is 115 cm³/mol. The highest BCUT2D eigenvalue weighted by atomic mass is 19.1. The van der Waals surface area contributed by atoms with E-state index in [1.54, 1.807) is 27.9 Å². The van der Waals surface area contributed by atoms with Crippen molar-refractivity contribution in [3.05, 3.63) is 83.9 Å². The molecule has 2 amide bonds. The second-order valence-corrected chi connectivity index (χ2v) is 7.74. The normalized spacial score (nSPS) is 14.4. The molecule has 3 aromatic rings. The second kappa shape index (κ2) is 9.55. The molecule has 0 bridgehead atoms. The molecule has 0 aliphatic carbocycles. The first kappa shape index (κ1) is 20.8. The summed E-state index contributed by atoms with van der Waals surface area (Å²) in [7, 11) is 0. The number of aromatic nitrogens is 2. The molecule has 31 heavy (non-hydrogen) atoms. The molecule has 1 aliphatic rings. The molecule has 0 radical (unpaired) electrons. The second-order valence-electron chi connectivity index (χ2n) is 7.74. The maximum Gasteiger partial charge on any atom is 0.256 e. The molecule has 2 heterocycles. The van der Waals surface area contributed by atoms with Crippen molar-refractivity contribution in [2.45, 2.75) is 31.7 Å². The molecular formula is C24H25FN4O2. The molecule has 6 nitrogen and oxygen atoms in total. The van der Waals surface area contributed by atoms with Gasteiger partial charge in [0.2, 0.25) is 5.91 Å². The number of carbonyl (C=O) groups excluding carboxylic acids is 2. The minimum atomic E-state index is -0.501. The Balaban J connectivity index is 1.22. The number of para-hydroxylation sites is 1. The SMILES string of the molecule is O=C(CCc1cnn(-c2ccccc2)c1)NC1CCN(C(=O)c2ccccc2F)CC1. The molecule has 0 saturated carbocycles. The van der Waals surface area contributed by atoms with Crippen molar-refractivity contribution >= 4 is 11.8 Å². The van der Waals surface area contributed by atoms with Crippen LogP contribution >= 0.6 is 0 Å². The molecular weight excluding hydrogens is 395 g/mol. The summed E-state index contributed by atoms with van der Waals surface area (Å²) >= 11 is 0. The highest BCUT2D eigenvalue weighted by Crippen LogP contribution is 2.16. The van der Waals surface area contributed by atoms with Crippen molar-refractivity contribution < 1.29 is 14.0 Å². The van der Waals surface area contributed by atoms with E-state index >= 15 is 0 Å². The number of hydrogen-bond acceptors (Lipinski definition) is 3. The Labute approximate surface area is 180 Å². The first-order valence-corrected chi connectivity index (χ1v) is 10.5. The van der Waals surface area contributed by atoms with Crippen molar-refractivity contribution in [2.24, 2.45) is 0 Å². The summed E-state index contributed by atoms with van der Waals surface area (Å²) in [5.74, 6) is -0.803. The Morgan fingerprint density at radius 1 is 1.03 bits per heavy atom. The van der Waals surface area contributed by atoms with Gasteiger partial charge < -0.3 is 10.2 Å². The smallest absolute Gasteiger partial charge is 0.256 e. The number of nitrogens with one attached hydrogen (secondary N) is 1. The minimum Gasteiger partial charge on any atom is -0.353 e. The van der Waals surface area contributed by atoms with E-state index < -0.39 is 5.82 Å². The Hall–Kier alpha value is -3.48. The molecule has 0 unspecified atom stereocenters. The lowest BCUT2D eigenvalue weighted by Crippen LogP contribution is -2.46. The average Bonchev–Trinajstić information content (AvgIpc) is 3.28. The number of likely N-dealkylation sites (tertiary alicyclic amines) is 1. The third-order valence-electron chi connectivity index (χ3n) is 5.55. The predicted octanol–water partition coefficient (Wildman–Crippen LogP) is 3.37. The summed E-state index contributed by atoms with van der Waals surface area (Å²) in [6, 6.07) is 15.9. The van der Waals surface area contributed by atoms with E-state index in [4.69, 9.17) is 0 Å². The van der Waals surface area contributed by atoms with Crippen LogP contribution in [0.2, 0.25) is 0 Å². The summed E-state index contributed by atoms with van der Waals surface area (Å²) in [4.78, 5) is 26.5. The number of amides is 2. The Bertz CT molecular complexity index is 1040. The van der Waals surface area contributed by atoms with Gasteiger partial charge in [-0.2, -0.15) is 5.10 Å². The van der Waals surface area contributed by atoms with Crippen LogP contribution in [0, 0.1) is 5.82 Å². The number of aryl methyl sites for hydroxylation is 1. The number of rotatable bonds is 6. The molecule has 0 atom stereocenters. The molecule has 4 rings (SSSR count). The van der Waals surface area contributed by atoms with Crippen LogP contribution in [0.3, 0.4) is 0 Å². The van der Waals surface area contributed by atoms with Gasteiger partial charge >= 0.3 is 0 Å². The van der Waals surface area contributed by atoms with Gasteiger partial charge in [-0.1, -0.05) is 30.3 Å². The Morgan fingerprint density at radius 2 is 1.74 bits per heavy atom. The van der Waals surface area contributed by atoms with E-state index in [1.807, 2.05) is 36.5 Å². The number of benzene rings is 2. The molecule has 1 saturated heterocycles. The molecule has 2 aromatic carbocycles. The number of halogens is 1. The fourth-order valence-corrected chi connectivity index (χ4v) is 3.80. The van der Waals surface area contributed by atoms with Crippen molar-refractivity contribution in [1.29, 1.82) is 0 Å². The molecule has 1 aliphatic heterocycles. The third kappa shape index (κ3) is 5.17. The zero-order chi connectivity index (χ0) is 21.6. The van der Waals surface area contributed by atoms with E-state index in [2.05, 4.69) is 10.4 Å². The van der Waals surface area contributed by atoms with Gasteiger partial charge in [-0.3, -0.25) is 9.59 Å². The fourth-order valence-electron chi connectivity index (χ4n) is 3.80. The summed E-state index contributed by atoms with van der Waals surface area (Å²) in [5.41, 5.74) is 2.08. The van der Waals surface area contributed by atoms with Crippen LogP contribution in [0.15, 0.2) is 67.0 Å². The lowest BCUT2D eigenvalue weighted by atomic mass is 10.0. The molecule has 1 aromatic heterocycles. The van der Waals surface area contributed by atoms with E-state index in [1.165, 1.54) is 12.1 Å². The van der Waals surface area contributed by atoms with Gasteiger partial charge in [0.25, 0.3) is 5.91 Å². The molecule has 7 heteroatoms. The fraction of sp³-hybridized carbons (Fsp3) is 0.292. The van der Waals surface area contributed by atoms with Gasteiger partial charge in [0.1, 0.15) is 5.82 Å². The topological polar surface area (TPSA) is 67.2 Å². The molecule has 160 valence electrons. The summed E-state index contributed by atoms with van der Waals surface area (Å²) in [5, 5.41) is 7.42. The van der Waals surface area contributed by atoms with Crippen LogP contribution in [0.25, 0.3) is 5.69 Å². The monoisotopic (exact) mass is 420 g/mol. The van der Waals surface area contributed by atoms with Crippen LogP contribution < -0.4 is 5.32 Å². The molecule has 1 N–H and O–H groups in total. The third-order valence-corrected chi connectivity index (χ3v) is 5.55. The van der Waals surface area contributed by atoms with Crippen molar-refractivity contribution in [3.8, 4) is 5.69 Å². The van der Waals surface area contributed by atoms with Crippen LogP contribution in [-0.4, -0.2) is 45.6 Å². The van der Waals surface area contributed by atoms with E-state index in [0.29, 0.717) is 38.8 Å². The zero-order valence-corrected chi connectivity index (χ0v) is 17.2. The Kier molecular flexibility index (Phi) is 6.40. The van der Waals surface area contributed by atoms with Gasteiger partial charge in [0, 0.05) is 31.7 Å².